The highest BCUT2D eigenvalue weighted by Crippen LogP contribution is 2.25. The summed E-state index contributed by atoms with van der Waals surface area (Å²) in [5.74, 6) is -0.917. The van der Waals surface area contributed by atoms with E-state index in [4.69, 9.17) is 17.0 Å². The SMILES string of the molecule is Cc1ccc(N2C(=O)C(=Cc3ccc4c(c3)COC4)C(=O)NC2=S)cc1. The van der Waals surface area contributed by atoms with Crippen molar-refractivity contribution in [2.24, 2.45) is 0 Å². The molecule has 0 bridgehead atoms. The van der Waals surface area contributed by atoms with Crippen LogP contribution in [0.1, 0.15) is 22.3 Å². The van der Waals surface area contributed by atoms with E-state index in [0.29, 0.717) is 18.9 Å². The summed E-state index contributed by atoms with van der Waals surface area (Å²) in [6.07, 6.45) is 1.60. The second kappa shape index (κ2) is 6.48. The minimum Gasteiger partial charge on any atom is -0.372 e. The molecule has 2 aliphatic heterocycles. The number of carbonyl (C=O) groups is 2. The van der Waals surface area contributed by atoms with Crippen LogP contribution in [0, 0.1) is 6.92 Å². The van der Waals surface area contributed by atoms with Gasteiger partial charge in [0, 0.05) is 0 Å². The van der Waals surface area contributed by atoms with Crippen LogP contribution in [0.4, 0.5) is 5.69 Å². The van der Waals surface area contributed by atoms with Gasteiger partial charge in [0.05, 0.1) is 18.9 Å². The molecule has 0 atom stereocenters. The van der Waals surface area contributed by atoms with Crippen LogP contribution in [-0.2, 0) is 27.5 Å². The molecule has 6 heteroatoms. The zero-order chi connectivity index (χ0) is 18.3. The standard InChI is InChI=1S/C20H16N2O3S/c1-12-2-6-16(7-3-12)22-19(24)17(18(23)21-20(22)26)9-13-4-5-14-10-25-11-15(14)8-13/h2-9H,10-11H2,1H3,(H,21,23,26). The maximum Gasteiger partial charge on any atom is 0.270 e. The summed E-state index contributed by atoms with van der Waals surface area (Å²) in [5, 5.41) is 2.69. The molecule has 4 rings (SSSR count). The summed E-state index contributed by atoms with van der Waals surface area (Å²) in [6.45, 7) is 3.11. The summed E-state index contributed by atoms with van der Waals surface area (Å²) >= 11 is 5.21. The Morgan fingerprint density at radius 1 is 1.08 bits per heavy atom. The summed E-state index contributed by atoms with van der Waals surface area (Å²) in [7, 11) is 0. The fourth-order valence-corrected chi connectivity index (χ4v) is 3.32. The Bertz CT molecular complexity index is 964. The molecule has 2 aliphatic rings. The van der Waals surface area contributed by atoms with Crippen LogP contribution in [0.5, 0.6) is 0 Å². The molecule has 2 amide bonds. The smallest absolute Gasteiger partial charge is 0.270 e. The Kier molecular flexibility index (Phi) is 4.14. The summed E-state index contributed by atoms with van der Waals surface area (Å²) in [6, 6.07) is 13.2. The maximum atomic E-state index is 13.0. The number of rotatable bonds is 2. The zero-order valence-corrected chi connectivity index (χ0v) is 14.9. The van der Waals surface area contributed by atoms with Crippen LogP contribution in [0.2, 0.25) is 0 Å². The minimum absolute atomic E-state index is 0.0537. The zero-order valence-electron chi connectivity index (χ0n) is 14.1. The van der Waals surface area contributed by atoms with Gasteiger partial charge in [0.1, 0.15) is 5.57 Å². The Hall–Kier alpha value is -2.83. The first-order chi connectivity index (χ1) is 12.5. The molecule has 0 spiro atoms. The van der Waals surface area contributed by atoms with Gasteiger partial charge in [0.2, 0.25) is 0 Å². The van der Waals surface area contributed by atoms with Gasteiger partial charge in [-0.05, 0) is 60.1 Å². The number of carbonyl (C=O) groups excluding carboxylic acids is 2. The fourth-order valence-electron chi connectivity index (χ4n) is 3.03. The molecule has 2 aromatic rings. The minimum atomic E-state index is -0.486. The molecular formula is C20H16N2O3S. The molecule has 2 aromatic carbocycles. The Morgan fingerprint density at radius 3 is 2.58 bits per heavy atom. The van der Waals surface area contributed by atoms with E-state index in [0.717, 1.165) is 22.3 Å². The monoisotopic (exact) mass is 364 g/mol. The average Bonchev–Trinajstić information content (AvgIpc) is 3.08. The molecule has 1 fully saturated rings. The number of thiocarbonyl (C=S) groups is 1. The number of anilines is 1. The van der Waals surface area contributed by atoms with Crippen molar-refractivity contribution in [3.8, 4) is 0 Å². The molecule has 26 heavy (non-hydrogen) atoms. The van der Waals surface area contributed by atoms with Crippen LogP contribution >= 0.6 is 12.2 Å². The van der Waals surface area contributed by atoms with Gasteiger partial charge in [0.25, 0.3) is 11.8 Å². The molecule has 0 aliphatic carbocycles. The van der Waals surface area contributed by atoms with E-state index in [2.05, 4.69) is 5.32 Å². The molecule has 130 valence electrons. The van der Waals surface area contributed by atoms with E-state index in [9.17, 15) is 9.59 Å². The number of hydrogen-bond donors (Lipinski definition) is 1. The topological polar surface area (TPSA) is 58.6 Å². The molecular weight excluding hydrogens is 348 g/mol. The molecule has 0 unspecified atom stereocenters. The van der Waals surface area contributed by atoms with Crippen LogP contribution in [0.3, 0.4) is 0 Å². The lowest BCUT2D eigenvalue weighted by atomic mass is 10.0. The van der Waals surface area contributed by atoms with Gasteiger partial charge in [0.15, 0.2) is 5.11 Å². The number of aryl methyl sites for hydroxylation is 1. The molecule has 5 nitrogen and oxygen atoms in total. The first kappa shape index (κ1) is 16.6. The normalized spacial score (nSPS) is 18.3. The number of amides is 2. The van der Waals surface area contributed by atoms with Crippen molar-refractivity contribution in [1.29, 1.82) is 0 Å². The average molecular weight is 364 g/mol. The van der Waals surface area contributed by atoms with E-state index in [-0.39, 0.29) is 10.7 Å². The molecule has 1 saturated heterocycles. The number of nitrogens with zero attached hydrogens (tertiary/aromatic N) is 1. The highest BCUT2D eigenvalue weighted by atomic mass is 32.1. The lowest BCUT2D eigenvalue weighted by Crippen LogP contribution is -2.54. The first-order valence-corrected chi connectivity index (χ1v) is 8.61. The summed E-state index contributed by atoms with van der Waals surface area (Å²) < 4.78 is 5.41. The molecule has 0 radical (unpaired) electrons. The molecule has 2 heterocycles. The number of nitrogens with one attached hydrogen (secondary N) is 1. The molecule has 1 N–H and O–H groups in total. The van der Waals surface area contributed by atoms with Gasteiger partial charge in [-0.3, -0.25) is 19.8 Å². The second-order valence-corrected chi connectivity index (χ2v) is 6.70. The van der Waals surface area contributed by atoms with Crippen molar-refractivity contribution in [2.75, 3.05) is 4.90 Å². The van der Waals surface area contributed by atoms with Crippen LogP contribution in [-0.4, -0.2) is 16.9 Å². The van der Waals surface area contributed by atoms with E-state index in [1.165, 1.54) is 4.90 Å². The van der Waals surface area contributed by atoms with Gasteiger partial charge >= 0.3 is 0 Å². The third kappa shape index (κ3) is 2.94. The summed E-state index contributed by atoms with van der Waals surface area (Å²) in [5.41, 5.74) is 4.74. The summed E-state index contributed by atoms with van der Waals surface area (Å²) in [4.78, 5) is 26.6. The van der Waals surface area contributed by atoms with Gasteiger partial charge in [-0.2, -0.15) is 0 Å². The van der Waals surface area contributed by atoms with Crippen molar-refractivity contribution < 1.29 is 14.3 Å². The van der Waals surface area contributed by atoms with Gasteiger partial charge in [-0.1, -0.05) is 29.8 Å². The predicted octanol–water partition coefficient (Wildman–Crippen LogP) is 2.86. The number of hydrogen-bond acceptors (Lipinski definition) is 4. The highest BCUT2D eigenvalue weighted by Gasteiger charge is 2.34. The van der Waals surface area contributed by atoms with E-state index in [1.54, 1.807) is 18.2 Å². The van der Waals surface area contributed by atoms with Gasteiger partial charge in [-0.15, -0.1) is 0 Å². The Labute approximate surface area is 156 Å². The largest absolute Gasteiger partial charge is 0.372 e. The van der Waals surface area contributed by atoms with Crippen molar-refractivity contribution in [3.05, 3.63) is 70.3 Å². The Morgan fingerprint density at radius 2 is 1.81 bits per heavy atom. The first-order valence-electron chi connectivity index (χ1n) is 8.20. The van der Waals surface area contributed by atoms with Crippen molar-refractivity contribution in [1.82, 2.24) is 5.32 Å². The molecule has 0 saturated carbocycles. The third-order valence-electron chi connectivity index (χ3n) is 4.45. The van der Waals surface area contributed by atoms with Crippen molar-refractivity contribution >= 4 is 40.9 Å². The number of fused-ring (bicyclic) bond motifs is 1. The van der Waals surface area contributed by atoms with E-state index >= 15 is 0 Å². The lowest BCUT2D eigenvalue weighted by Gasteiger charge is -2.29. The van der Waals surface area contributed by atoms with Crippen LogP contribution in [0.15, 0.2) is 48.0 Å². The maximum absolute atomic E-state index is 13.0. The van der Waals surface area contributed by atoms with Crippen LogP contribution < -0.4 is 10.2 Å². The highest BCUT2D eigenvalue weighted by molar-refractivity contribution is 7.80. The quantitative estimate of drug-likeness (QED) is 0.506. The third-order valence-corrected chi connectivity index (χ3v) is 4.73. The van der Waals surface area contributed by atoms with E-state index in [1.807, 2.05) is 37.3 Å². The Balaban J connectivity index is 1.71. The molecule has 0 aromatic heterocycles. The van der Waals surface area contributed by atoms with E-state index < -0.39 is 11.8 Å². The van der Waals surface area contributed by atoms with Gasteiger partial charge in [-0.25, -0.2) is 0 Å². The number of ether oxygens (including phenoxy) is 1. The second-order valence-electron chi connectivity index (χ2n) is 6.31. The number of benzene rings is 2. The lowest BCUT2D eigenvalue weighted by molar-refractivity contribution is -0.122. The predicted molar refractivity (Wildman–Crippen MR) is 102 cm³/mol. The van der Waals surface area contributed by atoms with Gasteiger partial charge < -0.3 is 4.74 Å². The van der Waals surface area contributed by atoms with Crippen molar-refractivity contribution in [2.45, 2.75) is 20.1 Å². The fraction of sp³-hybridized carbons (Fsp3) is 0.150. The van der Waals surface area contributed by atoms with Crippen molar-refractivity contribution in [3.63, 3.8) is 0 Å². The van der Waals surface area contributed by atoms with Crippen LogP contribution in [0.25, 0.3) is 6.08 Å².